The molecule has 1 amide bonds. The molecule has 21 heavy (non-hydrogen) atoms. The van der Waals surface area contributed by atoms with Crippen LogP contribution < -0.4 is 11.1 Å². The van der Waals surface area contributed by atoms with Crippen LogP contribution in [0.5, 0.6) is 0 Å². The van der Waals surface area contributed by atoms with Gasteiger partial charge >= 0.3 is 0 Å². The number of aromatic nitrogens is 3. The molecule has 0 bridgehead atoms. The number of amides is 1. The number of nitrogens with zero attached hydrogens (tertiary/aromatic N) is 3. The lowest BCUT2D eigenvalue weighted by Gasteiger charge is -2.07. The van der Waals surface area contributed by atoms with E-state index in [1.807, 2.05) is 6.92 Å². The Labute approximate surface area is 136 Å². The maximum atomic E-state index is 11.8. The lowest BCUT2D eigenvalue weighted by Crippen LogP contribution is -2.29. The number of carbonyl (C=O) groups is 1. The van der Waals surface area contributed by atoms with E-state index < -0.39 is 0 Å². The van der Waals surface area contributed by atoms with E-state index in [1.165, 1.54) is 0 Å². The normalized spacial score (nSPS) is 11.0. The summed E-state index contributed by atoms with van der Waals surface area (Å²) < 4.78 is 1.78. The number of carbonyl (C=O) groups excluding carboxylic acids is 1. The number of rotatable bonds is 5. The second kappa shape index (κ2) is 9.33. The molecule has 0 aromatic carbocycles. The van der Waals surface area contributed by atoms with Gasteiger partial charge in [-0.25, -0.2) is 9.97 Å². The molecular formula is C13H19Cl2N5O. The van der Waals surface area contributed by atoms with Crippen molar-refractivity contribution in [2.45, 2.75) is 19.4 Å². The monoisotopic (exact) mass is 331 g/mol. The van der Waals surface area contributed by atoms with E-state index in [0.717, 1.165) is 12.2 Å². The molecule has 8 heteroatoms. The Morgan fingerprint density at radius 2 is 2.19 bits per heavy atom. The molecule has 0 spiro atoms. The molecule has 1 unspecified atom stereocenters. The van der Waals surface area contributed by atoms with Crippen molar-refractivity contribution in [2.24, 2.45) is 5.73 Å². The van der Waals surface area contributed by atoms with Crippen LogP contribution in [-0.2, 0) is 0 Å². The molecule has 2 aromatic rings. The van der Waals surface area contributed by atoms with Gasteiger partial charge in [0.1, 0.15) is 12.1 Å². The molecule has 2 rings (SSSR count). The first kappa shape index (κ1) is 19.4. The van der Waals surface area contributed by atoms with Crippen LogP contribution in [0.15, 0.2) is 37.1 Å². The highest BCUT2D eigenvalue weighted by Gasteiger charge is 2.06. The molecule has 1 atom stereocenters. The molecule has 116 valence electrons. The summed E-state index contributed by atoms with van der Waals surface area (Å²) in [6.45, 7) is 2.48. The van der Waals surface area contributed by atoms with Crippen LogP contribution in [0, 0.1) is 0 Å². The second-order valence-electron chi connectivity index (χ2n) is 4.40. The van der Waals surface area contributed by atoms with Gasteiger partial charge in [0, 0.05) is 31.2 Å². The minimum atomic E-state index is -0.134. The van der Waals surface area contributed by atoms with Crippen molar-refractivity contribution in [3.05, 3.63) is 42.6 Å². The number of hydrogen-bond acceptors (Lipinski definition) is 4. The lowest BCUT2D eigenvalue weighted by molar-refractivity contribution is 0.0952. The van der Waals surface area contributed by atoms with E-state index >= 15 is 0 Å². The van der Waals surface area contributed by atoms with E-state index in [9.17, 15) is 4.79 Å². The molecule has 0 aliphatic rings. The largest absolute Gasteiger partial charge is 0.352 e. The summed E-state index contributed by atoms with van der Waals surface area (Å²) in [5.74, 6) is 0.593. The third-order valence-electron chi connectivity index (χ3n) is 2.66. The molecule has 2 heterocycles. The zero-order valence-electron chi connectivity index (χ0n) is 11.6. The van der Waals surface area contributed by atoms with Gasteiger partial charge < -0.3 is 11.1 Å². The van der Waals surface area contributed by atoms with Gasteiger partial charge in [0.05, 0.1) is 5.56 Å². The molecule has 0 saturated heterocycles. The molecule has 0 aliphatic carbocycles. The first-order valence-electron chi connectivity index (χ1n) is 6.15. The number of imidazole rings is 1. The van der Waals surface area contributed by atoms with Crippen LogP contribution in [0.1, 0.15) is 23.7 Å². The Morgan fingerprint density at radius 3 is 2.71 bits per heavy atom. The number of halogens is 2. The minimum Gasteiger partial charge on any atom is -0.352 e. The van der Waals surface area contributed by atoms with Gasteiger partial charge in [-0.2, -0.15) is 0 Å². The van der Waals surface area contributed by atoms with E-state index in [1.54, 1.807) is 41.6 Å². The van der Waals surface area contributed by atoms with Crippen molar-refractivity contribution in [2.75, 3.05) is 6.54 Å². The highest BCUT2D eigenvalue weighted by molar-refractivity contribution is 5.93. The van der Waals surface area contributed by atoms with Crippen molar-refractivity contribution in [1.29, 1.82) is 0 Å². The topological polar surface area (TPSA) is 85.8 Å². The van der Waals surface area contributed by atoms with Gasteiger partial charge in [-0.05, 0) is 25.5 Å². The fourth-order valence-corrected chi connectivity index (χ4v) is 1.58. The number of nitrogens with one attached hydrogen (secondary N) is 1. The van der Waals surface area contributed by atoms with E-state index in [-0.39, 0.29) is 36.8 Å². The van der Waals surface area contributed by atoms with Crippen LogP contribution in [0.25, 0.3) is 5.82 Å². The van der Waals surface area contributed by atoms with Gasteiger partial charge in [-0.15, -0.1) is 24.8 Å². The number of nitrogens with two attached hydrogens (primary N) is 1. The SMILES string of the molecule is CC(N)CCNC(=O)c1ccc(-n2ccnc2)nc1.Cl.Cl. The smallest absolute Gasteiger partial charge is 0.252 e. The predicted molar refractivity (Wildman–Crippen MR) is 86.5 cm³/mol. The molecular weight excluding hydrogens is 313 g/mol. The average molecular weight is 332 g/mol. The Bertz CT molecular complexity index is 528. The van der Waals surface area contributed by atoms with Crippen LogP contribution in [0.3, 0.4) is 0 Å². The minimum absolute atomic E-state index is 0. The highest BCUT2D eigenvalue weighted by Crippen LogP contribution is 2.05. The Hall–Kier alpha value is -1.63. The zero-order chi connectivity index (χ0) is 13.7. The summed E-state index contributed by atoms with van der Waals surface area (Å²) in [4.78, 5) is 20.0. The third-order valence-corrected chi connectivity index (χ3v) is 2.66. The number of hydrogen-bond donors (Lipinski definition) is 2. The zero-order valence-corrected chi connectivity index (χ0v) is 13.2. The molecule has 3 N–H and O–H groups in total. The van der Waals surface area contributed by atoms with Crippen LogP contribution >= 0.6 is 24.8 Å². The van der Waals surface area contributed by atoms with Gasteiger partial charge in [-0.1, -0.05) is 0 Å². The average Bonchev–Trinajstić information content (AvgIpc) is 2.92. The fraction of sp³-hybridized carbons (Fsp3) is 0.308. The molecule has 0 radical (unpaired) electrons. The quantitative estimate of drug-likeness (QED) is 0.870. The summed E-state index contributed by atoms with van der Waals surface area (Å²) in [6, 6.07) is 3.60. The molecule has 0 fully saturated rings. The van der Waals surface area contributed by atoms with Crippen LogP contribution in [0.2, 0.25) is 0 Å². The van der Waals surface area contributed by atoms with E-state index in [0.29, 0.717) is 12.1 Å². The van der Waals surface area contributed by atoms with Crippen LogP contribution in [0.4, 0.5) is 0 Å². The lowest BCUT2D eigenvalue weighted by atomic mass is 10.2. The first-order valence-corrected chi connectivity index (χ1v) is 6.15. The van der Waals surface area contributed by atoms with Gasteiger partial charge in [-0.3, -0.25) is 9.36 Å². The second-order valence-corrected chi connectivity index (χ2v) is 4.40. The molecule has 0 saturated carbocycles. The van der Waals surface area contributed by atoms with E-state index in [2.05, 4.69) is 15.3 Å². The molecule has 6 nitrogen and oxygen atoms in total. The van der Waals surface area contributed by atoms with Gasteiger partial charge in [0.15, 0.2) is 0 Å². The summed E-state index contributed by atoms with van der Waals surface area (Å²) in [6.07, 6.45) is 7.44. The predicted octanol–water partition coefficient (Wildman–Crippen LogP) is 1.58. The molecule has 0 aliphatic heterocycles. The van der Waals surface area contributed by atoms with Crippen molar-refractivity contribution >= 4 is 30.7 Å². The Kier molecular flexibility index (Phi) is 8.61. The van der Waals surface area contributed by atoms with Crippen molar-refractivity contribution in [3.63, 3.8) is 0 Å². The van der Waals surface area contributed by atoms with Crippen molar-refractivity contribution in [1.82, 2.24) is 19.9 Å². The van der Waals surface area contributed by atoms with Gasteiger partial charge in [0.25, 0.3) is 5.91 Å². The number of pyridine rings is 1. The van der Waals surface area contributed by atoms with E-state index in [4.69, 9.17) is 5.73 Å². The molecule has 2 aromatic heterocycles. The highest BCUT2D eigenvalue weighted by atomic mass is 35.5. The summed E-state index contributed by atoms with van der Waals surface area (Å²) in [7, 11) is 0. The Morgan fingerprint density at radius 1 is 1.43 bits per heavy atom. The van der Waals surface area contributed by atoms with Gasteiger partial charge in [0.2, 0.25) is 0 Å². The maximum Gasteiger partial charge on any atom is 0.252 e. The van der Waals surface area contributed by atoms with Crippen LogP contribution in [-0.4, -0.2) is 33.0 Å². The third kappa shape index (κ3) is 5.71. The Balaban J connectivity index is 0.00000200. The standard InChI is InChI=1S/C13H17N5O.2ClH/c1-10(14)4-5-16-13(19)11-2-3-12(17-8-11)18-7-6-15-9-18;;/h2-3,6-10H,4-5,14H2,1H3,(H,16,19);2*1H. The van der Waals surface area contributed by atoms with Crippen molar-refractivity contribution < 1.29 is 4.79 Å². The maximum absolute atomic E-state index is 11.8. The summed E-state index contributed by atoms with van der Waals surface area (Å²) in [5.41, 5.74) is 6.15. The summed E-state index contributed by atoms with van der Waals surface area (Å²) in [5, 5.41) is 2.81. The summed E-state index contributed by atoms with van der Waals surface area (Å²) >= 11 is 0. The first-order chi connectivity index (χ1) is 9.16. The fourth-order valence-electron chi connectivity index (χ4n) is 1.58. The van der Waals surface area contributed by atoms with Crippen molar-refractivity contribution in [3.8, 4) is 5.82 Å².